The topological polar surface area (TPSA) is 83.6 Å². The van der Waals surface area contributed by atoms with E-state index in [9.17, 15) is 10.1 Å². The average Bonchev–Trinajstić information content (AvgIpc) is 3.01. The molecular formula is C19H15N5O. The molecule has 0 fully saturated rings. The van der Waals surface area contributed by atoms with Crippen LogP contribution in [0.1, 0.15) is 5.56 Å². The second kappa shape index (κ2) is 7.23. The molecule has 1 amide bonds. The fraction of sp³-hybridized carbons (Fsp3) is 0.0526. The number of benzene rings is 1. The number of rotatable bonds is 4. The number of nitrogens with zero attached hydrogens (tertiary/aromatic N) is 4. The molecule has 0 aliphatic rings. The number of aromatic nitrogens is 3. The summed E-state index contributed by atoms with van der Waals surface area (Å²) in [5.41, 5.74) is 2.88. The van der Waals surface area contributed by atoms with Crippen LogP contribution in [-0.4, -0.2) is 20.7 Å². The molecule has 0 bridgehead atoms. The molecule has 3 rings (SSSR count). The highest BCUT2D eigenvalue weighted by atomic mass is 16.1. The SMILES string of the molecule is Cn1cc(/C=C(/C#N)C(=O)Nc2ccccc2)c(-c2ccncc2)n1. The summed E-state index contributed by atoms with van der Waals surface area (Å²) in [6.45, 7) is 0. The van der Waals surface area contributed by atoms with Crippen molar-refractivity contribution in [3.05, 3.63) is 72.2 Å². The molecule has 0 aliphatic carbocycles. The largest absolute Gasteiger partial charge is 0.321 e. The molecule has 3 aromatic rings. The predicted molar refractivity (Wildman–Crippen MR) is 95.1 cm³/mol. The molecule has 0 atom stereocenters. The van der Waals surface area contributed by atoms with Crippen LogP contribution in [0.4, 0.5) is 5.69 Å². The second-order valence-corrected chi connectivity index (χ2v) is 5.33. The summed E-state index contributed by atoms with van der Waals surface area (Å²) >= 11 is 0. The molecule has 2 aromatic heterocycles. The molecular weight excluding hydrogens is 314 g/mol. The quantitative estimate of drug-likeness (QED) is 0.589. The van der Waals surface area contributed by atoms with Crippen molar-refractivity contribution in [2.24, 2.45) is 7.05 Å². The Morgan fingerprint density at radius 1 is 1.20 bits per heavy atom. The molecule has 0 spiro atoms. The first kappa shape index (κ1) is 16.1. The van der Waals surface area contributed by atoms with Gasteiger partial charge in [-0.3, -0.25) is 14.5 Å². The zero-order valence-corrected chi connectivity index (χ0v) is 13.5. The number of nitriles is 1. The van der Waals surface area contributed by atoms with Crippen LogP contribution in [0, 0.1) is 11.3 Å². The number of para-hydroxylation sites is 1. The van der Waals surface area contributed by atoms with Gasteiger partial charge in [0.05, 0.1) is 5.69 Å². The molecule has 1 N–H and O–H groups in total. The summed E-state index contributed by atoms with van der Waals surface area (Å²) in [6, 6.07) is 14.6. The van der Waals surface area contributed by atoms with Crippen molar-refractivity contribution < 1.29 is 4.79 Å². The van der Waals surface area contributed by atoms with Gasteiger partial charge in [-0.25, -0.2) is 0 Å². The number of nitrogens with one attached hydrogen (secondary N) is 1. The molecule has 2 heterocycles. The molecule has 6 heteroatoms. The normalized spacial score (nSPS) is 11.0. The number of hydrogen-bond donors (Lipinski definition) is 1. The van der Waals surface area contributed by atoms with Gasteiger partial charge in [-0.05, 0) is 30.3 Å². The third-order valence-electron chi connectivity index (χ3n) is 3.51. The molecule has 0 radical (unpaired) electrons. The average molecular weight is 329 g/mol. The molecule has 0 saturated heterocycles. The smallest absolute Gasteiger partial charge is 0.266 e. The third kappa shape index (κ3) is 3.79. The minimum absolute atomic E-state index is 0.00663. The Bertz CT molecular complexity index is 952. The fourth-order valence-corrected chi connectivity index (χ4v) is 2.37. The summed E-state index contributed by atoms with van der Waals surface area (Å²) in [4.78, 5) is 16.4. The number of carbonyl (C=O) groups is 1. The maximum absolute atomic E-state index is 12.4. The minimum Gasteiger partial charge on any atom is -0.321 e. The van der Waals surface area contributed by atoms with E-state index in [4.69, 9.17) is 0 Å². The molecule has 122 valence electrons. The van der Waals surface area contributed by atoms with Crippen molar-refractivity contribution >= 4 is 17.7 Å². The molecule has 0 saturated carbocycles. The van der Waals surface area contributed by atoms with Gasteiger partial charge in [0.15, 0.2) is 0 Å². The van der Waals surface area contributed by atoms with E-state index in [-0.39, 0.29) is 5.57 Å². The molecule has 0 unspecified atom stereocenters. The van der Waals surface area contributed by atoms with Crippen LogP contribution in [-0.2, 0) is 11.8 Å². The van der Waals surface area contributed by atoms with Crippen molar-refractivity contribution in [3.8, 4) is 17.3 Å². The van der Waals surface area contributed by atoms with E-state index in [0.29, 0.717) is 16.9 Å². The first-order valence-electron chi connectivity index (χ1n) is 7.59. The number of hydrogen-bond acceptors (Lipinski definition) is 4. The lowest BCUT2D eigenvalue weighted by Gasteiger charge is -2.04. The van der Waals surface area contributed by atoms with Crippen LogP contribution in [0.15, 0.2) is 66.6 Å². The molecule has 0 aliphatic heterocycles. The monoisotopic (exact) mass is 329 g/mol. The van der Waals surface area contributed by atoms with E-state index in [1.54, 1.807) is 48.5 Å². The number of amides is 1. The van der Waals surface area contributed by atoms with E-state index < -0.39 is 5.91 Å². The Kier molecular flexibility index (Phi) is 4.67. The van der Waals surface area contributed by atoms with Gasteiger partial charge in [-0.1, -0.05) is 18.2 Å². The van der Waals surface area contributed by atoms with Crippen molar-refractivity contribution in [1.29, 1.82) is 5.26 Å². The lowest BCUT2D eigenvalue weighted by atomic mass is 10.1. The van der Waals surface area contributed by atoms with Crippen molar-refractivity contribution in [3.63, 3.8) is 0 Å². The van der Waals surface area contributed by atoms with E-state index in [1.165, 1.54) is 0 Å². The van der Waals surface area contributed by atoms with Crippen LogP contribution in [0.5, 0.6) is 0 Å². The van der Waals surface area contributed by atoms with E-state index in [1.807, 2.05) is 36.4 Å². The van der Waals surface area contributed by atoms with Crippen LogP contribution in [0.3, 0.4) is 0 Å². The summed E-state index contributed by atoms with van der Waals surface area (Å²) in [6.07, 6.45) is 6.65. The third-order valence-corrected chi connectivity index (χ3v) is 3.51. The number of pyridine rings is 1. The Labute approximate surface area is 145 Å². The van der Waals surface area contributed by atoms with Gasteiger partial charge in [-0.2, -0.15) is 10.4 Å². The Morgan fingerprint density at radius 3 is 2.60 bits per heavy atom. The summed E-state index contributed by atoms with van der Waals surface area (Å²) in [5.74, 6) is -0.460. The number of anilines is 1. The standard InChI is InChI=1S/C19H15N5O/c1-24-13-16(18(23-24)14-7-9-21-10-8-14)11-15(12-20)19(25)22-17-5-3-2-4-6-17/h2-11,13H,1H3,(H,22,25)/b15-11-. The van der Waals surface area contributed by atoms with E-state index in [0.717, 1.165) is 5.56 Å². The van der Waals surface area contributed by atoms with Gasteiger partial charge in [0.1, 0.15) is 11.6 Å². The van der Waals surface area contributed by atoms with Gasteiger partial charge in [0.2, 0.25) is 0 Å². The fourth-order valence-electron chi connectivity index (χ4n) is 2.37. The van der Waals surface area contributed by atoms with Gasteiger partial charge in [0.25, 0.3) is 5.91 Å². The van der Waals surface area contributed by atoms with Crippen LogP contribution in [0.2, 0.25) is 0 Å². The zero-order chi connectivity index (χ0) is 17.6. The highest BCUT2D eigenvalue weighted by Crippen LogP contribution is 2.23. The van der Waals surface area contributed by atoms with E-state index in [2.05, 4.69) is 15.4 Å². The lowest BCUT2D eigenvalue weighted by molar-refractivity contribution is -0.112. The minimum atomic E-state index is -0.460. The van der Waals surface area contributed by atoms with Gasteiger partial charge >= 0.3 is 0 Å². The Morgan fingerprint density at radius 2 is 1.92 bits per heavy atom. The number of carbonyl (C=O) groups excluding carboxylic acids is 1. The maximum Gasteiger partial charge on any atom is 0.266 e. The van der Waals surface area contributed by atoms with Crippen LogP contribution < -0.4 is 5.32 Å². The van der Waals surface area contributed by atoms with Crippen molar-refractivity contribution in [1.82, 2.24) is 14.8 Å². The van der Waals surface area contributed by atoms with Crippen LogP contribution >= 0.6 is 0 Å². The van der Waals surface area contributed by atoms with Crippen molar-refractivity contribution in [2.75, 3.05) is 5.32 Å². The zero-order valence-electron chi connectivity index (χ0n) is 13.5. The first-order valence-corrected chi connectivity index (χ1v) is 7.59. The Hall–Kier alpha value is -3.72. The maximum atomic E-state index is 12.4. The summed E-state index contributed by atoms with van der Waals surface area (Å²) in [5, 5.41) is 16.5. The first-order chi connectivity index (χ1) is 12.2. The summed E-state index contributed by atoms with van der Waals surface area (Å²) in [7, 11) is 1.79. The van der Waals surface area contributed by atoms with Gasteiger partial charge in [0, 0.05) is 42.5 Å². The second-order valence-electron chi connectivity index (χ2n) is 5.33. The van der Waals surface area contributed by atoms with Crippen molar-refractivity contribution in [2.45, 2.75) is 0 Å². The highest BCUT2D eigenvalue weighted by Gasteiger charge is 2.13. The molecule has 25 heavy (non-hydrogen) atoms. The number of aryl methyl sites for hydroxylation is 1. The predicted octanol–water partition coefficient (Wildman–Crippen LogP) is 3.03. The molecule has 1 aromatic carbocycles. The van der Waals surface area contributed by atoms with Gasteiger partial charge < -0.3 is 5.32 Å². The van der Waals surface area contributed by atoms with Crippen LogP contribution in [0.25, 0.3) is 17.3 Å². The van der Waals surface area contributed by atoms with Gasteiger partial charge in [-0.15, -0.1) is 0 Å². The molecule has 6 nitrogen and oxygen atoms in total. The lowest BCUT2D eigenvalue weighted by Crippen LogP contribution is -2.13. The summed E-state index contributed by atoms with van der Waals surface area (Å²) < 4.78 is 1.64. The highest BCUT2D eigenvalue weighted by molar-refractivity contribution is 6.10. The Balaban J connectivity index is 1.93. The van der Waals surface area contributed by atoms with E-state index >= 15 is 0 Å².